The van der Waals surface area contributed by atoms with E-state index in [1.165, 1.54) is 24.4 Å². The standard InChI is InChI=1S/C26H26F3N5O5/c1-2-38-20(35)14-16-10-12-34(13-11-16)19-9-8-18(15-30-19)31-24(37)21-22(26(27,28)29)32-25(39-21)33-23(36)17-6-4-3-5-7-17/h3-9,15-16H,2,10-14H2,1H3,(H,31,37)(H,32,33,36). The molecule has 0 atom stereocenters. The van der Waals surface area contributed by atoms with E-state index in [0.717, 1.165) is 12.8 Å². The fraction of sp³-hybridized carbons (Fsp3) is 0.346. The summed E-state index contributed by atoms with van der Waals surface area (Å²) in [6.45, 7) is 3.47. The van der Waals surface area contributed by atoms with Gasteiger partial charge in [0, 0.05) is 25.1 Å². The fourth-order valence-electron chi connectivity index (χ4n) is 4.14. The van der Waals surface area contributed by atoms with Gasteiger partial charge in [-0.05, 0) is 49.9 Å². The first-order chi connectivity index (χ1) is 18.6. The molecule has 0 bridgehead atoms. The molecule has 0 saturated carbocycles. The summed E-state index contributed by atoms with van der Waals surface area (Å²) in [5.41, 5.74) is -1.26. The summed E-state index contributed by atoms with van der Waals surface area (Å²) in [6.07, 6.45) is -1.74. The second kappa shape index (κ2) is 12.0. The molecule has 13 heteroatoms. The molecule has 0 radical (unpaired) electrons. The Kier molecular flexibility index (Phi) is 8.47. The third kappa shape index (κ3) is 7.12. The van der Waals surface area contributed by atoms with Crippen molar-refractivity contribution in [1.29, 1.82) is 0 Å². The quantitative estimate of drug-likeness (QED) is 0.388. The van der Waals surface area contributed by atoms with Gasteiger partial charge in [-0.2, -0.15) is 18.2 Å². The van der Waals surface area contributed by atoms with Crippen LogP contribution in [0.4, 0.5) is 30.7 Å². The molecule has 2 amide bonds. The number of pyridine rings is 1. The van der Waals surface area contributed by atoms with E-state index < -0.39 is 35.5 Å². The first kappa shape index (κ1) is 27.6. The lowest BCUT2D eigenvalue weighted by Gasteiger charge is -2.32. The van der Waals surface area contributed by atoms with Gasteiger partial charge >= 0.3 is 18.2 Å². The monoisotopic (exact) mass is 545 g/mol. The molecule has 1 aliphatic heterocycles. The zero-order chi connectivity index (χ0) is 28.0. The molecule has 1 aromatic carbocycles. The molecule has 2 aromatic heterocycles. The average molecular weight is 546 g/mol. The number of ether oxygens (including phenoxy) is 1. The number of amides is 2. The first-order valence-electron chi connectivity index (χ1n) is 12.3. The normalized spacial score (nSPS) is 14.1. The van der Waals surface area contributed by atoms with Crippen molar-refractivity contribution < 1.29 is 36.7 Å². The zero-order valence-corrected chi connectivity index (χ0v) is 21.0. The molecule has 0 spiro atoms. The summed E-state index contributed by atoms with van der Waals surface area (Å²) in [7, 11) is 0. The van der Waals surface area contributed by atoms with Crippen molar-refractivity contribution >= 4 is 35.3 Å². The summed E-state index contributed by atoms with van der Waals surface area (Å²) < 4.78 is 50.7. The third-order valence-corrected chi connectivity index (χ3v) is 6.06. The van der Waals surface area contributed by atoms with Crippen molar-refractivity contribution in [2.75, 3.05) is 35.2 Å². The lowest BCUT2D eigenvalue weighted by molar-refractivity contribution is -0.144. The number of hydrogen-bond donors (Lipinski definition) is 2. The van der Waals surface area contributed by atoms with E-state index in [-0.39, 0.29) is 23.1 Å². The molecule has 2 N–H and O–H groups in total. The van der Waals surface area contributed by atoms with E-state index in [2.05, 4.69) is 20.6 Å². The summed E-state index contributed by atoms with van der Waals surface area (Å²) in [4.78, 5) is 46.3. The van der Waals surface area contributed by atoms with Crippen LogP contribution in [-0.4, -0.2) is 47.4 Å². The van der Waals surface area contributed by atoms with Crippen LogP contribution in [0.2, 0.25) is 0 Å². The maximum absolute atomic E-state index is 13.6. The number of aromatic nitrogens is 2. The number of rotatable bonds is 8. The van der Waals surface area contributed by atoms with Crippen LogP contribution in [-0.2, 0) is 15.7 Å². The number of benzene rings is 1. The minimum absolute atomic E-state index is 0.139. The minimum atomic E-state index is -5.01. The van der Waals surface area contributed by atoms with Gasteiger partial charge in [0.25, 0.3) is 11.8 Å². The Hall–Kier alpha value is -4.42. The number of nitrogens with zero attached hydrogens (tertiary/aromatic N) is 3. The molecule has 4 rings (SSSR count). The number of hydrogen-bond acceptors (Lipinski definition) is 8. The number of nitrogens with one attached hydrogen (secondary N) is 2. The van der Waals surface area contributed by atoms with Gasteiger partial charge in [-0.25, -0.2) is 4.98 Å². The summed E-state index contributed by atoms with van der Waals surface area (Å²) in [5, 5.41) is 4.46. The van der Waals surface area contributed by atoms with E-state index in [1.54, 1.807) is 31.2 Å². The molecular weight excluding hydrogens is 519 g/mol. The van der Waals surface area contributed by atoms with Crippen LogP contribution in [0, 0.1) is 5.92 Å². The number of carbonyl (C=O) groups excluding carboxylic acids is 3. The van der Waals surface area contributed by atoms with Crippen LogP contribution in [0.1, 0.15) is 52.8 Å². The van der Waals surface area contributed by atoms with E-state index in [1.807, 2.05) is 4.90 Å². The molecule has 0 unspecified atom stereocenters. The molecule has 3 heterocycles. The van der Waals surface area contributed by atoms with Gasteiger partial charge in [-0.15, -0.1) is 0 Å². The summed E-state index contributed by atoms with van der Waals surface area (Å²) in [6, 6.07) is 10.1. The van der Waals surface area contributed by atoms with Crippen LogP contribution in [0.3, 0.4) is 0 Å². The average Bonchev–Trinajstić information content (AvgIpc) is 3.35. The number of halogens is 3. The number of oxazole rings is 1. The Morgan fingerprint density at radius 3 is 2.38 bits per heavy atom. The summed E-state index contributed by atoms with van der Waals surface area (Å²) in [5.74, 6) is -2.40. The molecular formula is C26H26F3N5O5. The number of esters is 1. The smallest absolute Gasteiger partial charge is 0.437 e. The Morgan fingerprint density at radius 1 is 1.05 bits per heavy atom. The predicted octanol–water partition coefficient (Wildman–Crippen LogP) is 4.76. The summed E-state index contributed by atoms with van der Waals surface area (Å²) >= 11 is 0. The van der Waals surface area contributed by atoms with Gasteiger partial charge in [-0.1, -0.05) is 18.2 Å². The van der Waals surface area contributed by atoms with Crippen LogP contribution in [0.5, 0.6) is 0 Å². The predicted molar refractivity (Wildman–Crippen MR) is 134 cm³/mol. The highest BCUT2D eigenvalue weighted by Crippen LogP contribution is 2.34. The van der Waals surface area contributed by atoms with Crippen molar-refractivity contribution in [3.05, 3.63) is 65.7 Å². The van der Waals surface area contributed by atoms with Gasteiger partial charge in [0.2, 0.25) is 5.76 Å². The van der Waals surface area contributed by atoms with Crippen LogP contribution in [0.25, 0.3) is 0 Å². The largest absolute Gasteiger partial charge is 0.466 e. The Bertz CT molecular complexity index is 1300. The second-order valence-electron chi connectivity index (χ2n) is 8.81. The van der Waals surface area contributed by atoms with Crippen molar-refractivity contribution in [3.63, 3.8) is 0 Å². The van der Waals surface area contributed by atoms with Crippen molar-refractivity contribution in [1.82, 2.24) is 9.97 Å². The van der Waals surface area contributed by atoms with Gasteiger partial charge < -0.3 is 19.4 Å². The molecule has 1 fully saturated rings. The SMILES string of the molecule is CCOC(=O)CC1CCN(c2ccc(NC(=O)c3oc(NC(=O)c4ccccc4)nc3C(F)(F)F)cn2)CC1. The first-order valence-corrected chi connectivity index (χ1v) is 12.3. The Balaban J connectivity index is 1.39. The topological polar surface area (TPSA) is 127 Å². The second-order valence-corrected chi connectivity index (χ2v) is 8.81. The maximum atomic E-state index is 13.6. The highest BCUT2D eigenvalue weighted by Gasteiger charge is 2.41. The molecule has 39 heavy (non-hydrogen) atoms. The third-order valence-electron chi connectivity index (χ3n) is 6.06. The van der Waals surface area contributed by atoms with Gasteiger partial charge in [-0.3, -0.25) is 19.7 Å². The number of alkyl halides is 3. The number of anilines is 3. The highest BCUT2D eigenvalue weighted by molar-refractivity contribution is 6.05. The Labute approximate surface area is 221 Å². The van der Waals surface area contributed by atoms with Crippen molar-refractivity contribution in [2.45, 2.75) is 32.4 Å². The lowest BCUT2D eigenvalue weighted by Crippen LogP contribution is -2.35. The maximum Gasteiger partial charge on any atom is 0.437 e. The molecule has 3 aromatic rings. The van der Waals surface area contributed by atoms with E-state index >= 15 is 0 Å². The number of piperidine rings is 1. The van der Waals surface area contributed by atoms with Crippen LogP contribution < -0.4 is 15.5 Å². The zero-order valence-electron chi connectivity index (χ0n) is 21.0. The fourth-order valence-corrected chi connectivity index (χ4v) is 4.14. The lowest BCUT2D eigenvalue weighted by atomic mass is 9.93. The van der Waals surface area contributed by atoms with E-state index in [9.17, 15) is 27.6 Å². The Morgan fingerprint density at radius 2 is 1.77 bits per heavy atom. The molecule has 1 aliphatic rings. The van der Waals surface area contributed by atoms with Crippen molar-refractivity contribution in [3.8, 4) is 0 Å². The van der Waals surface area contributed by atoms with Crippen molar-refractivity contribution in [2.24, 2.45) is 5.92 Å². The molecule has 0 aliphatic carbocycles. The molecule has 10 nitrogen and oxygen atoms in total. The number of carbonyl (C=O) groups is 3. The molecule has 206 valence electrons. The van der Waals surface area contributed by atoms with Gasteiger partial charge in [0.15, 0.2) is 5.69 Å². The highest BCUT2D eigenvalue weighted by atomic mass is 19.4. The van der Waals surface area contributed by atoms with Crippen LogP contribution >= 0.6 is 0 Å². The van der Waals surface area contributed by atoms with Gasteiger partial charge in [0.05, 0.1) is 18.5 Å². The molecule has 1 saturated heterocycles. The van der Waals surface area contributed by atoms with Crippen LogP contribution in [0.15, 0.2) is 53.1 Å². The van der Waals surface area contributed by atoms with E-state index in [0.29, 0.717) is 31.9 Å². The van der Waals surface area contributed by atoms with Gasteiger partial charge in [0.1, 0.15) is 5.82 Å². The minimum Gasteiger partial charge on any atom is -0.466 e. The van der Waals surface area contributed by atoms with E-state index in [4.69, 9.17) is 9.15 Å².